The van der Waals surface area contributed by atoms with E-state index in [-0.39, 0.29) is 5.56 Å². The maximum absolute atomic E-state index is 13.2. The van der Waals surface area contributed by atoms with Gasteiger partial charge in [-0.05, 0) is 25.1 Å². The third kappa shape index (κ3) is 2.23. The molecule has 3 aromatic rings. The molecule has 0 saturated heterocycles. The van der Waals surface area contributed by atoms with Gasteiger partial charge in [-0.2, -0.15) is 0 Å². The molecule has 2 aliphatic rings. The number of carbonyl (C=O) groups is 1. The minimum atomic E-state index is -1.16. The van der Waals surface area contributed by atoms with Crippen LogP contribution in [-0.4, -0.2) is 16.2 Å². The number of nitrogens with two attached hydrogens (primary N) is 1. The monoisotopic (exact) mass is 381 g/mol. The molecule has 7 nitrogen and oxygen atoms in total. The van der Waals surface area contributed by atoms with Gasteiger partial charge in [0.1, 0.15) is 17.4 Å². The van der Waals surface area contributed by atoms with E-state index in [1.807, 2.05) is 24.3 Å². The predicted octanol–water partition coefficient (Wildman–Crippen LogP) is 0.764. The van der Waals surface area contributed by atoms with Crippen LogP contribution >= 0.6 is 11.3 Å². The highest BCUT2D eigenvalue weighted by Crippen LogP contribution is 2.46. The normalized spacial score (nSPS) is 25.9. The van der Waals surface area contributed by atoms with Crippen LogP contribution in [0.15, 0.2) is 56.9 Å². The number of fused-ring (bicyclic) bond motifs is 6. The summed E-state index contributed by atoms with van der Waals surface area (Å²) in [6.45, 7) is 1.73. The Morgan fingerprint density at radius 1 is 1.33 bits per heavy atom. The number of primary amides is 1. The van der Waals surface area contributed by atoms with E-state index in [1.165, 1.54) is 11.3 Å². The van der Waals surface area contributed by atoms with E-state index < -0.39 is 23.6 Å². The zero-order chi connectivity index (χ0) is 18.8. The lowest BCUT2D eigenvalue weighted by molar-refractivity contribution is -0.133. The Morgan fingerprint density at radius 3 is 2.89 bits per heavy atom. The standard InChI is InChI=1S/C19H15N3O4S/c1-19-14(16(20)23)15(11-6-2-3-7-12(11)26-19)22-17(24)13(27-18(22)21-19)9-10-5-4-8-25-10/h2-9,14-15H,1H3,(H2,20,23)/b13-9-/t14-,15-,19+/m0/s1. The molecular formula is C19H15N3O4S. The molecule has 2 aromatic heterocycles. The Balaban J connectivity index is 1.85. The van der Waals surface area contributed by atoms with Gasteiger partial charge in [0, 0.05) is 11.6 Å². The third-order valence-corrected chi connectivity index (χ3v) is 5.99. The van der Waals surface area contributed by atoms with Crippen LogP contribution in [0.2, 0.25) is 0 Å². The van der Waals surface area contributed by atoms with Gasteiger partial charge in [0.2, 0.25) is 11.6 Å². The number of hydrogen-bond acceptors (Lipinski definition) is 6. The summed E-state index contributed by atoms with van der Waals surface area (Å²) < 4.78 is 13.4. The zero-order valence-electron chi connectivity index (χ0n) is 14.3. The molecule has 5 rings (SSSR count). The van der Waals surface area contributed by atoms with Gasteiger partial charge in [0.05, 0.1) is 16.8 Å². The van der Waals surface area contributed by atoms with Gasteiger partial charge in [-0.3, -0.25) is 14.2 Å². The second-order valence-electron chi connectivity index (χ2n) is 6.72. The quantitative estimate of drug-likeness (QED) is 0.708. The molecule has 0 aliphatic carbocycles. The Labute approximate surface area is 157 Å². The summed E-state index contributed by atoms with van der Waals surface area (Å²) in [5, 5.41) is 0. The topological polar surface area (TPSA) is 99.8 Å². The van der Waals surface area contributed by atoms with Crippen LogP contribution in [0, 0.1) is 5.92 Å². The Hall–Kier alpha value is -3.13. The van der Waals surface area contributed by atoms with Crippen molar-refractivity contribution >= 4 is 23.3 Å². The number of rotatable bonds is 2. The molecule has 0 unspecified atom stereocenters. The number of nitrogens with zero attached hydrogens (tertiary/aromatic N) is 2. The number of para-hydroxylation sites is 1. The van der Waals surface area contributed by atoms with Crippen LogP contribution in [-0.2, 0) is 4.79 Å². The predicted molar refractivity (Wildman–Crippen MR) is 97.9 cm³/mol. The van der Waals surface area contributed by atoms with E-state index in [4.69, 9.17) is 14.9 Å². The van der Waals surface area contributed by atoms with Crippen molar-refractivity contribution in [3.05, 3.63) is 73.7 Å². The number of thiazole rings is 1. The van der Waals surface area contributed by atoms with Gasteiger partial charge in [0.15, 0.2) is 4.80 Å². The summed E-state index contributed by atoms with van der Waals surface area (Å²) in [6.07, 6.45) is 3.22. The third-order valence-electron chi connectivity index (χ3n) is 5.00. The Morgan fingerprint density at radius 2 is 2.15 bits per heavy atom. The van der Waals surface area contributed by atoms with Crippen LogP contribution in [0.1, 0.15) is 24.3 Å². The van der Waals surface area contributed by atoms with Crippen LogP contribution in [0.25, 0.3) is 6.08 Å². The summed E-state index contributed by atoms with van der Waals surface area (Å²) in [7, 11) is 0. The number of ether oxygens (including phenoxy) is 1. The molecule has 4 heterocycles. The first-order chi connectivity index (χ1) is 13.0. The van der Waals surface area contributed by atoms with Gasteiger partial charge in [-0.15, -0.1) is 0 Å². The molecule has 3 atom stereocenters. The van der Waals surface area contributed by atoms with Gasteiger partial charge in [-0.1, -0.05) is 29.5 Å². The van der Waals surface area contributed by atoms with Gasteiger partial charge in [-0.25, -0.2) is 4.99 Å². The van der Waals surface area contributed by atoms with E-state index in [0.29, 0.717) is 20.8 Å². The van der Waals surface area contributed by atoms with E-state index in [9.17, 15) is 9.59 Å². The number of benzene rings is 1. The highest BCUT2D eigenvalue weighted by Gasteiger charge is 2.54. The number of aromatic nitrogens is 1. The smallest absolute Gasteiger partial charge is 0.271 e. The second-order valence-corrected chi connectivity index (χ2v) is 7.72. The summed E-state index contributed by atoms with van der Waals surface area (Å²) in [5.74, 6) is -0.167. The molecule has 1 amide bonds. The molecule has 0 saturated carbocycles. The van der Waals surface area contributed by atoms with Crippen molar-refractivity contribution in [3.8, 4) is 5.75 Å². The molecule has 0 spiro atoms. The lowest BCUT2D eigenvalue weighted by atomic mass is 9.81. The van der Waals surface area contributed by atoms with Gasteiger partial charge >= 0.3 is 0 Å². The SMILES string of the molecule is C[C@@]12N=c3s/c(=C\c4ccco4)c(=O)n3[C@@H](c3ccccc3O1)[C@H]2C(N)=O. The molecule has 2 aliphatic heterocycles. The van der Waals surface area contributed by atoms with E-state index >= 15 is 0 Å². The van der Waals surface area contributed by atoms with Crippen molar-refractivity contribution in [1.29, 1.82) is 0 Å². The fourth-order valence-corrected chi connectivity index (χ4v) is 4.96. The molecular weight excluding hydrogens is 366 g/mol. The second kappa shape index (κ2) is 5.43. The average molecular weight is 381 g/mol. The molecule has 8 heteroatoms. The van der Waals surface area contributed by atoms with Gasteiger partial charge in [0.25, 0.3) is 5.56 Å². The fraction of sp³-hybridized carbons (Fsp3) is 0.211. The van der Waals surface area contributed by atoms with Crippen molar-refractivity contribution in [1.82, 2.24) is 4.57 Å². The first-order valence-electron chi connectivity index (χ1n) is 8.42. The number of amides is 1. The van der Waals surface area contributed by atoms with E-state index in [2.05, 4.69) is 4.99 Å². The first-order valence-corrected chi connectivity index (χ1v) is 9.23. The minimum absolute atomic E-state index is 0.231. The number of hydrogen-bond donors (Lipinski definition) is 1. The zero-order valence-corrected chi connectivity index (χ0v) is 15.1. The van der Waals surface area contributed by atoms with Crippen molar-refractivity contribution in [2.24, 2.45) is 16.6 Å². The summed E-state index contributed by atoms with van der Waals surface area (Å²) >= 11 is 1.24. The summed E-state index contributed by atoms with van der Waals surface area (Å²) in [5.41, 5.74) is 5.07. The molecule has 1 aromatic carbocycles. The minimum Gasteiger partial charge on any atom is -0.465 e. The largest absolute Gasteiger partial charge is 0.465 e. The number of carbonyl (C=O) groups excluding carboxylic acids is 1. The average Bonchev–Trinajstić information content (AvgIpc) is 3.22. The van der Waals surface area contributed by atoms with Crippen molar-refractivity contribution in [2.45, 2.75) is 18.7 Å². The fourth-order valence-electron chi connectivity index (χ4n) is 3.88. The first kappa shape index (κ1) is 16.1. The van der Waals surface area contributed by atoms with Crippen molar-refractivity contribution in [3.63, 3.8) is 0 Å². The maximum atomic E-state index is 13.2. The lowest BCUT2D eigenvalue weighted by Crippen LogP contribution is -2.59. The molecule has 27 heavy (non-hydrogen) atoms. The Kier molecular flexibility index (Phi) is 3.23. The van der Waals surface area contributed by atoms with Crippen molar-refractivity contribution in [2.75, 3.05) is 0 Å². The summed E-state index contributed by atoms with van der Waals surface area (Å²) in [6, 6.07) is 10.3. The van der Waals surface area contributed by atoms with E-state index in [0.717, 1.165) is 5.56 Å². The number of furan rings is 1. The highest BCUT2D eigenvalue weighted by molar-refractivity contribution is 7.07. The van der Waals surface area contributed by atoms with E-state index in [1.54, 1.807) is 36.0 Å². The van der Waals surface area contributed by atoms with Crippen LogP contribution < -0.4 is 25.4 Å². The molecule has 0 radical (unpaired) electrons. The van der Waals surface area contributed by atoms with Crippen LogP contribution in [0.3, 0.4) is 0 Å². The molecule has 136 valence electrons. The van der Waals surface area contributed by atoms with Crippen LogP contribution in [0.4, 0.5) is 0 Å². The van der Waals surface area contributed by atoms with Gasteiger partial charge < -0.3 is 14.9 Å². The maximum Gasteiger partial charge on any atom is 0.271 e. The molecule has 0 fully saturated rings. The van der Waals surface area contributed by atoms with Crippen molar-refractivity contribution < 1.29 is 13.9 Å². The highest BCUT2D eigenvalue weighted by atomic mass is 32.1. The molecule has 2 N–H and O–H groups in total. The lowest BCUT2D eigenvalue weighted by Gasteiger charge is -2.44. The molecule has 2 bridgehead atoms. The Bertz CT molecular complexity index is 1240. The summed E-state index contributed by atoms with van der Waals surface area (Å²) in [4.78, 5) is 30.6. The van der Waals surface area contributed by atoms with Crippen LogP contribution in [0.5, 0.6) is 5.75 Å².